The fourth-order valence-corrected chi connectivity index (χ4v) is 3.84. The summed E-state index contributed by atoms with van der Waals surface area (Å²) in [5.74, 6) is -2.28. The molecular weight excluding hydrogens is 425 g/mol. The number of carbonyl (C=O) groups excluding carboxylic acids is 2. The van der Waals surface area contributed by atoms with Gasteiger partial charge in [-0.3, -0.25) is 9.36 Å². The van der Waals surface area contributed by atoms with Crippen LogP contribution in [0.5, 0.6) is 0 Å². The highest BCUT2D eigenvalue weighted by molar-refractivity contribution is 7.55. The Morgan fingerprint density at radius 2 is 1.71 bits per heavy atom. The van der Waals surface area contributed by atoms with Crippen LogP contribution in [0.15, 0.2) is 30.3 Å². The van der Waals surface area contributed by atoms with Crippen molar-refractivity contribution in [1.29, 1.82) is 0 Å². The number of carboxylic acids is 1. The first-order valence-corrected chi connectivity index (χ1v) is 11.8. The third-order valence-corrected chi connectivity index (χ3v) is 5.56. The molecule has 174 valence electrons. The van der Waals surface area contributed by atoms with E-state index in [9.17, 15) is 28.9 Å². The van der Waals surface area contributed by atoms with E-state index in [2.05, 4.69) is 15.7 Å². The van der Waals surface area contributed by atoms with Crippen LogP contribution in [0, 0.1) is 11.8 Å². The van der Waals surface area contributed by atoms with Crippen molar-refractivity contribution < 1.29 is 33.7 Å². The van der Waals surface area contributed by atoms with Crippen LogP contribution in [0.1, 0.15) is 39.7 Å². The van der Waals surface area contributed by atoms with Crippen LogP contribution in [-0.2, 0) is 25.5 Å². The number of aliphatic carboxylic acids is 1. The number of alkyl carbamates (subject to hydrolysis) is 1. The lowest BCUT2D eigenvalue weighted by molar-refractivity contribution is -0.143. The number of hydrogen-bond acceptors (Lipinski definition) is 5. The largest absolute Gasteiger partial charge is 0.480 e. The van der Waals surface area contributed by atoms with Gasteiger partial charge in [0.2, 0.25) is 5.91 Å². The van der Waals surface area contributed by atoms with Crippen molar-refractivity contribution in [3.05, 3.63) is 35.9 Å². The van der Waals surface area contributed by atoms with Gasteiger partial charge in [0, 0.05) is 0 Å². The molecule has 31 heavy (non-hydrogen) atoms. The Morgan fingerprint density at radius 1 is 1.10 bits per heavy atom. The molecule has 3 atom stereocenters. The average Bonchev–Trinajstić information content (AvgIpc) is 2.68. The smallest absolute Gasteiger partial charge is 0.407 e. The zero-order valence-corrected chi connectivity index (χ0v) is 19.1. The first-order valence-electron chi connectivity index (χ1n) is 9.98. The van der Waals surface area contributed by atoms with Crippen molar-refractivity contribution >= 4 is 25.5 Å². The monoisotopic (exact) mass is 457 g/mol. The second-order valence-corrected chi connectivity index (χ2v) is 9.96. The molecule has 0 aromatic heterocycles. The van der Waals surface area contributed by atoms with Gasteiger partial charge in [-0.05, 0) is 23.8 Å². The minimum Gasteiger partial charge on any atom is -0.480 e. The van der Waals surface area contributed by atoms with E-state index in [0.29, 0.717) is 0 Å². The molecule has 5 N–H and O–H groups in total. The number of amides is 2. The Bertz CT molecular complexity index is 786. The van der Waals surface area contributed by atoms with Crippen LogP contribution in [0.4, 0.5) is 4.79 Å². The van der Waals surface area contributed by atoms with Gasteiger partial charge in [0.25, 0.3) is 7.52 Å². The van der Waals surface area contributed by atoms with Crippen LogP contribution < -0.4 is 15.7 Å². The predicted octanol–water partition coefficient (Wildman–Crippen LogP) is 2.29. The molecule has 1 rings (SSSR count). The summed E-state index contributed by atoms with van der Waals surface area (Å²) in [5, 5.41) is 16.2. The van der Waals surface area contributed by atoms with Gasteiger partial charge in [-0.25, -0.2) is 14.7 Å². The van der Waals surface area contributed by atoms with Crippen LogP contribution in [0.2, 0.25) is 0 Å². The Labute approximate surface area is 182 Å². The molecule has 0 bridgehead atoms. The van der Waals surface area contributed by atoms with Crippen molar-refractivity contribution in [2.45, 2.75) is 52.8 Å². The highest BCUT2D eigenvalue weighted by Crippen LogP contribution is 2.35. The fraction of sp³-hybridized carbons (Fsp3) is 0.550. The molecule has 0 spiro atoms. The van der Waals surface area contributed by atoms with Gasteiger partial charge in [-0.1, -0.05) is 58.0 Å². The summed E-state index contributed by atoms with van der Waals surface area (Å²) in [5.41, 5.74) is 0.759. The standard InChI is InChI=1S/C20H32N3O7P/c1-13(2)10-16(18(24)22-17(14(3)4)19(25)26)23-31(28,29)12-21-20(27)30-11-15-8-6-5-7-9-15/h5-9,13-14,16-17H,10-12H2,1-4H3,(H,21,27)(H,22,24)(H,25,26)(H2,23,28,29)/t16-,17-/m0/s1. The van der Waals surface area contributed by atoms with E-state index in [1.54, 1.807) is 38.1 Å². The van der Waals surface area contributed by atoms with Gasteiger partial charge in [0.15, 0.2) is 0 Å². The maximum Gasteiger partial charge on any atom is 0.407 e. The van der Waals surface area contributed by atoms with Gasteiger partial charge in [0.05, 0.1) is 6.04 Å². The molecule has 2 amide bonds. The van der Waals surface area contributed by atoms with E-state index in [1.165, 1.54) is 0 Å². The summed E-state index contributed by atoms with van der Waals surface area (Å²) in [7, 11) is -4.17. The summed E-state index contributed by atoms with van der Waals surface area (Å²) in [4.78, 5) is 46.0. The Morgan fingerprint density at radius 3 is 2.23 bits per heavy atom. The average molecular weight is 457 g/mol. The Kier molecular flexibility index (Phi) is 10.7. The molecule has 1 aromatic carbocycles. The quantitative estimate of drug-likeness (QED) is 0.300. The molecule has 0 heterocycles. The van der Waals surface area contributed by atoms with E-state index in [-0.39, 0.29) is 24.9 Å². The van der Waals surface area contributed by atoms with Gasteiger partial charge >= 0.3 is 12.1 Å². The third-order valence-electron chi connectivity index (χ3n) is 4.26. The molecular formula is C20H32N3O7P. The minimum atomic E-state index is -4.17. The van der Waals surface area contributed by atoms with Crippen LogP contribution in [0.3, 0.4) is 0 Å². The van der Waals surface area contributed by atoms with Crippen molar-refractivity contribution in [2.24, 2.45) is 11.8 Å². The summed E-state index contributed by atoms with van der Waals surface area (Å²) in [6.07, 6.45) is -1.34. The molecule has 0 fully saturated rings. The highest BCUT2D eigenvalue weighted by atomic mass is 31.2. The SMILES string of the molecule is CC(C)C[C@H](NP(=O)(O)CNC(=O)OCc1ccccc1)C(=O)N[C@H](C(=O)O)C(C)C. The van der Waals surface area contributed by atoms with Crippen LogP contribution in [0.25, 0.3) is 0 Å². The lowest BCUT2D eigenvalue weighted by Crippen LogP contribution is -2.52. The topological polar surface area (TPSA) is 154 Å². The highest BCUT2D eigenvalue weighted by Gasteiger charge is 2.32. The normalized spacial score (nSPS) is 15.1. The second-order valence-electron chi connectivity index (χ2n) is 7.98. The van der Waals surface area contributed by atoms with E-state index < -0.39 is 43.9 Å². The van der Waals surface area contributed by atoms with Gasteiger partial charge in [-0.2, -0.15) is 0 Å². The summed E-state index contributed by atoms with van der Waals surface area (Å²) in [6, 6.07) is 6.69. The summed E-state index contributed by atoms with van der Waals surface area (Å²) in [6.45, 7) is 6.93. The summed E-state index contributed by atoms with van der Waals surface area (Å²) < 4.78 is 17.5. The Hall–Kier alpha value is -2.42. The fourth-order valence-electron chi connectivity index (χ4n) is 2.69. The van der Waals surface area contributed by atoms with E-state index in [1.807, 2.05) is 19.9 Å². The summed E-state index contributed by atoms with van der Waals surface area (Å²) >= 11 is 0. The van der Waals surface area contributed by atoms with Crippen molar-refractivity contribution in [1.82, 2.24) is 15.7 Å². The first kappa shape index (κ1) is 26.6. The van der Waals surface area contributed by atoms with Gasteiger partial charge in [-0.15, -0.1) is 0 Å². The molecule has 11 heteroatoms. The number of rotatable bonds is 12. The second kappa shape index (κ2) is 12.4. The predicted molar refractivity (Wildman–Crippen MR) is 115 cm³/mol. The van der Waals surface area contributed by atoms with E-state index >= 15 is 0 Å². The maximum absolute atomic E-state index is 12.6. The number of benzene rings is 1. The minimum absolute atomic E-state index is 0.00000856. The van der Waals surface area contributed by atoms with Crippen molar-refractivity contribution in [3.8, 4) is 0 Å². The first-order chi connectivity index (χ1) is 14.4. The van der Waals surface area contributed by atoms with E-state index in [4.69, 9.17) is 4.74 Å². The zero-order chi connectivity index (χ0) is 23.6. The molecule has 10 nitrogen and oxygen atoms in total. The van der Waals surface area contributed by atoms with Crippen LogP contribution in [-0.4, -0.2) is 46.3 Å². The zero-order valence-electron chi connectivity index (χ0n) is 18.2. The molecule has 1 unspecified atom stereocenters. The van der Waals surface area contributed by atoms with Crippen molar-refractivity contribution in [3.63, 3.8) is 0 Å². The molecule has 0 aliphatic rings. The van der Waals surface area contributed by atoms with Gasteiger partial charge in [0.1, 0.15) is 18.9 Å². The number of carboxylic acid groups (broad SMARTS) is 1. The Balaban J connectivity index is 2.67. The maximum atomic E-state index is 12.6. The van der Waals surface area contributed by atoms with Crippen LogP contribution >= 0.6 is 7.52 Å². The molecule has 0 saturated carbocycles. The van der Waals surface area contributed by atoms with E-state index in [0.717, 1.165) is 5.56 Å². The molecule has 0 saturated heterocycles. The number of carbonyl (C=O) groups is 3. The molecule has 1 aromatic rings. The third kappa shape index (κ3) is 10.4. The molecule has 0 aliphatic carbocycles. The lowest BCUT2D eigenvalue weighted by Gasteiger charge is -2.26. The number of hydrogen-bond donors (Lipinski definition) is 5. The lowest BCUT2D eigenvalue weighted by atomic mass is 10.0. The number of ether oxygens (including phenoxy) is 1. The molecule has 0 radical (unpaired) electrons. The number of nitrogens with one attached hydrogen (secondary N) is 3. The van der Waals surface area contributed by atoms with Crippen molar-refractivity contribution in [2.75, 3.05) is 6.29 Å². The van der Waals surface area contributed by atoms with Gasteiger partial charge < -0.3 is 25.4 Å². The molecule has 0 aliphatic heterocycles.